The van der Waals surface area contributed by atoms with Crippen molar-refractivity contribution >= 4 is 41.9 Å². The lowest BCUT2D eigenvalue weighted by molar-refractivity contribution is 0.445. The van der Waals surface area contributed by atoms with Crippen LogP contribution in [0.15, 0.2) is 32.0 Å². The molecule has 0 aliphatic carbocycles. The van der Waals surface area contributed by atoms with Gasteiger partial charge in [-0.15, -0.1) is 6.42 Å². The van der Waals surface area contributed by atoms with Crippen molar-refractivity contribution in [2.75, 3.05) is 13.1 Å². The van der Waals surface area contributed by atoms with E-state index >= 15 is 0 Å². The van der Waals surface area contributed by atoms with Gasteiger partial charge in [-0.2, -0.15) is 4.31 Å². The average Bonchev–Trinajstić information content (AvgIpc) is 2.28. The van der Waals surface area contributed by atoms with Crippen molar-refractivity contribution in [1.82, 2.24) is 4.31 Å². The summed E-state index contributed by atoms with van der Waals surface area (Å²) in [6.45, 7) is 2.41. The van der Waals surface area contributed by atoms with Gasteiger partial charge in [0.05, 0.1) is 11.4 Å². The second-order valence-electron chi connectivity index (χ2n) is 3.62. The molecule has 0 aliphatic heterocycles. The predicted octanol–water partition coefficient (Wildman–Crippen LogP) is 3.25. The molecule has 1 aromatic rings. The maximum atomic E-state index is 12.4. The Bertz CT molecular complexity index is 564. The van der Waals surface area contributed by atoms with Crippen molar-refractivity contribution in [2.45, 2.75) is 18.2 Å². The molecule has 1 aromatic carbocycles. The van der Waals surface area contributed by atoms with Gasteiger partial charge in [-0.05, 0) is 40.5 Å². The molecule has 0 spiro atoms. The molecule has 6 heteroatoms. The van der Waals surface area contributed by atoms with E-state index in [4.69, 9.17) is 6.42 Å². The number of hydrogen-bond donors (Lipinski definition) is 0. The number of benzene rings is 1. The van der Waals surface area contributed by atoms with Crippen LogP contribution in [0.5, 0.6) is 0 Å². The molecule has 1 rings (SSSR count). The van der Waals surface area contributed by atoms with E-state index in [-0.39, 0.29) is 11.4 Å². The van der Waals surface area contributed by atoms with Gasteiger partial charge in [0.2, 0.25) is 10.0 Å². The van der Waals surface area contributed by atoms with E-state index in [0.29, 0.717) is 11.0 Å². The fraction of sp³-hybridized carbons (Fsp3) is 0.333. The first-order chi connectivity index (χ1) is 8.43. The molecular weight excluding hydrogens is 382 g/mol. The molecular formula is C12H13Br2NO2S. The summed E-state index contributed by atoms with van der Waals surface area (Å²) in [5, 5.41) is 0. The molecule has 0 unspecified atom stereocenters. The summed E-state index contributed by atoms with van der Waals surface area (Å²) in [6, 6.07) is 4.95. The molecule has 0 bridgehead atoms. The van der Waals surface area contributed by atoms with E-state index in [1.165, 1.54) is 4.31 Å². The van der Waals surface area contributed by atoms with Gasteiger partial charge in [0.25, 0.3) is 0 Å². The fourth-order valence-electron chi connectivity index (χ4n) is 1.46. The quantitative estimate of drug-likeness (QED) is 0.719. The predicted molar refractivity (Wildman–Crippen MR) is 79.7 cm³/mol. The lowest BCUT2D eigenvalue weighted by atomic mass is 10.4. The number of sulfonamides is 1. The first-order valence-corrected chi connectivity index (χ1v) is 8.34. The summed E-state index contributed by atoms with van der Waals surface area (Å²) in [6.07, 6.45) is 5.94. The second-order valence-corrected chi connectivity index (χ2v) is 7.29. The van der Waals surface area contributed by atoms with Gasteiger partial charge in [-0.3, -0.25) is 0 Å². The Morgan fingerprint density at radius 1 is 1.39 bits per heavy atom. The van der Waals surface area contributed by atoms with Crippen LogP contribution in [0.25, 0.3) is 0 Å². The highest BCUT2D eigenvalue weighted by molar-refractivity contribution is 9.11. The van der Waals surface area contributed by atoms with Crippen molar-refractivity contribution in [2.24, 2.45) is 0 Å². The summed E-state index contributed by atoms with van der Waals surface area (Å²) in [4.78, 5) is 0.231. The van der Waals surface area contributed by atoms with E-state index in [9.17, 15) is 8.42 Å². The molecule has 0 aromatic heterocycles. The molecule has 0 saturated heterocycles. The molecule has 0 saturated carbocycles. The van der Waals surface area contributed by atoms with Gasteiger partial charge in [-0.1, -0.05) is 28.8 Å². The van der Waals surface area contributed by atoms with Crippen molar-refractivity contribution in [1.29, 1.82) is 0 Å². The highest BCUT2D eigenvalue weighted by Gasteiger charge is 2.25. The van der Waals surface area contributed by atoms with Gasteiger partial charge >= 0.3 is 0 Å². The van der Waals surface area contributed by atoms with Crippen molar-refractivity contribution < 1.29 is 8.42 Å². The topological polar surface area (TPSA) is 37.4 Å². The van der Waals surface area contributed by atoms with Crippen LogP contribution in [0, 0.1) is 12.3 Å². The van der Waals surface area contributed by atoms with Crippen LogP contribution >= 0.6 is 31.9 Å². The molecule has 0 amide bonds. The Labute approximate surface area is 125 Å². The summed E-state index contributed by atoms with van der Waals surface area (Å²) < 4.78 is 27.5. The molecule has 0 aliphatic rings. The van der Waals surface area contributed by atoms with Crippen LogP contribution in [0.1, 0.15) is 13.3 Å². The third kappa shape index (κ3) is 3.58. The smallest absolute Gasteiger partial charge is 0.207 e. The molecule has 0 radical (unpaired) electrons. The SMILES string of the molecule is C#CCN(CCC)S(=O)(=O)c1ccc(Br)cc1Br. The van der Waals surface area contributed by atoms with E-state index in [1.807, 2.05) is 6.92 Å². The minimum atomic E-state index is -3.55. The van der Waals surface area contributed by atoms with E-state index in [0.717, 1.165) is 10.9 Å². The normalized spacial score (nSPS) is 11.5. The van der Waals surface area contributed by atoms with Crippen LogP contribution in [0.4, 0.5) is 0 Å². The molecule has 0 atom stereocenters. The Morgan fingerprint density at radius 2 is 2.06 bits per heavy atom. The molecule has 0 N–H and O–H groups in total. The van der Waals surface area contributed by atoms with Crippen molar-refractivity contribution in [3.8, 4) is 12.3 Å². The van der Waals surface area contributed by atoms with Gasteiger partial charge in [0.15, 0.2) is 0 Å². The molecule has 0 fully saturated rings. The van der Waals surface area contributed by atoms with Crippen LogP contribution in [-0.4, -0.2) is 25.8 Å². The second kappa shape index (κ2) is 6.71. The van der Waals surface area contributed by atoms with E-state index < -0.39 is 10.0 Å². The van der Waals surface area contributed by atoms with Gasteiger partial charge in [-0.25, -0.2) is 8.42 Å². The standard InChI is InChI=1S/C12H13Br2NO2S/c1-3-7-15(8-4-2)18(16,17)12-6-5-10(13)9-11(12)14/h1,5-6,9H,4,7-8H2,2H3. The van der Waals surface area contributed by atoms with Gasteiger partial charge < -0.3 is 0 Å². The first kappa shape index (κ1) is 15.7. The first-order valence-electron chi connectivity index (χ1n) is 5.32. The van der Waals surface area contributed by atoms with E-state index in [2.05, 4.69) is 37.8 Å². The molecule has 3 nitrogen and oxygen atoms in total. The van der Waals surface area contributed by atoms with Crippen LogP contribution < -0.4 is 0 Å². The molecule has 0 heterocycles. The number of rotatable bonds is 5. The highest BCUT2D eigenvalue weighted by Crippen LogP contribution is 2.28. The van der Waals surface area contributed by atoms with Crippen molar-refractivity contribution in [3.63, 3.8) is 0 Å². The fourth-order valence-corrected chi connectivity index (χ4v) is 4.61. The Morgan fingerprint density at radius 3 is 2.56 bits per heavy atom. The third-order valence-electron chi connectivity index (χ3n) is 2.25. The highest BCUT2D eigenvalue weighted by atomic mass is 79.9. The largest absolute Gasteiger partial charge is 0.245 e. The lowest BCUT2D eigenvalue weighted by Crippen LogP contribution is -2.32. The summed E-state index contributed by atoms with van der Waals surface area (Å²) in [7, 11) is -3.55. The number of halogens is 2. The summed E-state index contributed by atoms with van der Waals surface area (Å²) in [5.74, 6) is 2.38. The van der Waals surface area contributed by atoms with E-state index in [1.54, 1.807) is 18.2 Å². The monoisotopic (exact) mass is 393 g/mol. The Kier molecular flexibility index (Phi) is 5.86. The van der Waals surface area contributed by atoms with Gasteiger partial charge in [0.1, 0.15) is 0 Å². The van der Waals surface area contributed by atoms with Crippen LogP contribution in [-0.2, 0) is 10.0 Å². The third-order valence-corrected chi connectivity index (χ3v) is 5.57. The lowest BCUT2D eigenvalue weighted by Gasteiger charge is -2.20. The van der Waals surface area contributed by atoms with Crippen LogP contribution in [0.3, 0.4) is 0 Å². The van der Waals surface area contributed by atoms with Crippen LogP contribution in [0.2, 0.25) is 0 Å². The van der Waals surface area contributed by atoms with Crippen molar-refractivity contribution in [3.05, 3.63) is 27.1 Å². The zero-order valence-electron chi connectivity index (χ0n) is 9.86. The molecule has 18 heavy (non-hydrogen) atoms. The minimum Gasteiger partial charge on any atom is -0.207 e. The Hall–Kier alpha value is -0.350. The zero-order chi connectivity index (χ0) is 13.8. The molecule has 98 valence electrons. The number of hydrogen-bond acceptors (Lipinski definition) is 2. The number of nitrogens with zero attached hydrogens (tertiary/aromatic N) is 1. The summed E-state index contributed by atoms with van der Waals surface area (Å²) >= 11 is 6.56. The maximum absolute atomic E-state index is 12.4. The average molecular weight is 395 g/mol. The summed E-state index contributed by atoms with van der Waals surface area (Å²) in [5.41, 5.74) is 0. The van der Waals surface area contributed by atoms with Gasteiger partial charge in [0, 0.05) is 15.5 Å². The number of terminal acetylenes is 1. The zero-order valence-corrected chi connectivity index (χ0v) is 13.8. The minimum absolute atomic E-state index is 0.0820. The maximum Gasteiger partial charge on any atom is 0.245 e. The Balaban J connectivity index is 3.22.